The van der Waals surface area contributed by atoms with E-state index in [9.17, 15) is 0 Å². The van der Waals surface area contributed by atoms with Crippen molar-refractivity contribution in [1.29, 1.82) is 5.26 Å². The smallest absolute Gasteiger partial charge is 0.176 e. The molecule has 2 rings (SSSR count). The first kappa shape index (κ1) is 17.9. The Morgan fingerprint density at radius 1 is 1.38 bits per heavy atom. The van der Waals surface area contributed by atoms with Crippen molar-refractivity contribution >= 4 is 17.7 Å². The molecule has 0 amide bonds. The Morgan fingerprint density at radius 2 is 2.00 bits per heavy atom. The van der Waals surface area contributed by atoms with Gasteiger partial charge < -0.3 is 20.2 Å². The summed E-state index contributed by atoms with van der Waals surface area (Å²) in [6, 6.07) is 9.22. The van der Waals surface area contributed by atoms with Gasteiger partial charge in [-0.05, 0) is 24.3 Å². The van der Waals surface area contributed by atoms with E-state index >= 15 is 0 Å². The molecule has 0 radical (unpaired) electrons. The molecular formula is C17H23N5O2. The number of amidine groups is 1. The predicted octanol–water partition coefficient (Wildman–Crippen LogP) is 1.74. The van der Waals surface area contributed by atoms with Gasteiger partial charge in [-0.1, -0.05) is 13.8 Å². The molecule has 2 N–H and O–H groups in total. The summed E-state index contributed by atoms with van der Waals surface area (Å²) < 4.78 is 11.3. The average molecular weight is 329 g/mol. The SMILES string of the molecule is CN(/C(C=NCC1OCC(C)(C)CO1)=N/N)c1ccc(C#N)cc1. The van der Waals surface area contributed by atoms with Gasteiger partial charge in [0.2, 0.25) is 0 Å². The molecule has 1 heterocycles. The third kappa shape index (κ3) is 4.78. The van der Waals surface area contributed by atoms with Crippen LogP contribution < -0.4 is 10.7 Å². The highest BCUT2D eigenvalue weighted by Crippen LogP contribution is 2.22. The predicted molar refractivity (Wildman–Crippen MR) is 94.0 cm³/mol. The lowest BCUT2D eigenvalue weighted by atomic mass is 9.96. The van der Waals surface area contributed by atoms with Crippen LogP contribution in [-0.4, -0.2) is 45.1 Å². The summed E-state index contributed by atoms with van der Waals surface area (Å²) >= 11 is 0. The summed E-state index contributed by atoms with van der Waals surface area (Å²) in [6.45, 7) is 5.87. The first-order chi connectivity index (χ1) is 11.4. The standard InChI is InChI=1S/C17H23N5O2/c1-17(2)11-23-16(24-12-17)10-20-9-15(21-19)22(3)14-6-4-13(8-18)5-7-14/h4-7,9,16H,10-12,19H2,1-3H3/b20-9?,21-15+. The molecule has 7 heteroatoms. The molecule has 1 aromatic carbocycles. The van der Waals surface area contributed by atoms with Gasteiger partial charge in [0.1, 0.15) is 0 Å². The zero-order valence-corrected chi connectivity index (χ0v) is 14.3. The molecule has 0 saturated carbocycles. The highest BCUT2D eigenvalue weighted by Gasteiger charge is 2.27. The van der Waals surface area contributed by atoms with Crippen LogP contribution in [-0.2, 0) is 9.47 Å². The molecule has 7 nitrogen and oxygen atoms in total. The van der Waals surface area contributed by atoms with Gasteiger partial charge in [-0.2, -0.15) is 10.4 Å². The largest absolute Gasteiger partial charge is 0.350 e. The molecule has 1 aliphatic heterocycles. The molecule has 0 atom stereocenters. The summed E-state index contributed by atoms with van der Waals surface area (Å²) in [5, 5.41) is 12.6. The van der Waals surface area contributed by atoms with Crippen LogP contribution in [0.15, 0.2) is 34.4 Å². The number of anilines is 1. The number of hydrazone groups is 1. The second-order valence-electron chi connectivity index (χ2n) is 6.42. The fourth-order valence-corrected chi connectivity index (χ4v) is 2.15. The van der Waals surface area contributed by atoms with E-state index in [0.717, 1.165) is 5.69 Å². The third-order valence-electron chi connectivity index (χ3n) is 3.64. The first-order valence-corrected chi connectivity index (χ1v) is 7.70. The topological polar surface area (TPSA) is 96.2 Å². The van der Waals surface area contributed by atoms with Crippen molar-refractivity contribution < 1.29 is 9.47 Å². The maximum atomic E-state index is 8.84. The summed E-state index contributed by atoms with van der Waals surface area (Å²) in [6.07, 6.45) is 1.25. The van der Waals surface area contributed by atoms with Crippen LogP contribution in [0.5, 0.6) is 0 Å². The number of hydrogen-bond donors (Lipinski definition) is 1. The quantitative estimate of drug-likeness (QED) is 0.393. The van der Waals surface area contributed by atoms with Crippen molar-refractivity contribution in [3.8, 4) is 6.07 Å². The van der Waals surface area contributed by atoms with Gasteiger partial charge in [0.15, 0.2) is 12.1 Å². The molecule has 0 unspecified atom stereocenters. The number of hydrogen-bond acceptors (Lipinski definition) is 6. The number of nitrogens with zero attached hydrogens (tertiary/aromatic N) is 4. The van der Waals surface area contributed by atoms with Crippen molar-refractivity contribution in [3.63, 3.8) is 0 Å². The Morgan fingerprint density at radius 3 is 2.54 bits per heavy atom. The van der Waals surface area contributed by atoms with Crippen molar-refractivity contribution in [2.45, 2.75) is 20.1 Å². The molecule has 24 heavy (non-hydrogen) atoms. The molecule has 1 aliphatic rings. The molecule has 0 spiro atoms. The fourth-order valence-electron chi connectivity index (χ4n) is 2.15. The van der Waals surface area contributed by atoms with Crippen LogP contribution >= 0.6 is 0 Å². The molecule has 128 valence electrons. The number of nitriles is 1. The van der Waals surface area contributed by atoms with E-state index in [2.05, 4.69) is 30.0 Å². The second kappa shape index (κ2) is 7.90. The van der Waals surface area contributed by atoms with E-state index in [-0.39, 0.29) is 11.7 Å². The van der Waals surface area contributed by atoms with Crippen molar-refractivity contribution in [2.75, 3.05) is 31.7 Å². The van der Waals surface area contributed by atoms with E-state index < -0.39 is 0 Å². The molecule has 1 aromatic rings. The maximum absolute atomic E-state index is 8.84. The van der Waals surface area contributed by atoms with Crippen LogP contribution in [0.3, 0.4) is 0 Å². The number of ether oxygens (including phenoxy) is 2. The highest BCUT2D eigenvalue weighted by atomic mass is 16.7. The highest BCUT2D eigenvalue weighted by molar-refractivity contribution is 6.35. The number of rotatable bonds is 4. The molecule has 0 aliphatic carbocycles. The van der Waals surface area contributed by atoms with Crippen molar-refractivity contribution in [2.24, 2.45) is 21.4 Å². The lowest BCUT2D eigenvalue weighted by Gasteiger charge is -2.33. The van der Waals surface area contributed by atoms with Crippen molar-refractivity contribution in [3.05, 3.63) is 29.8 Å². The van der Waals surface area contributed by atoms with Gasteiger partial charge in [0.25, 0.3) is 0 Å². The molecule has 1 fully saturated rings. The normalized spacial score (nSPS) is 18.5. The summed E-state index contributed by atoms with van der Waals surface area (Å²) in [5.74, 6) is 5.96. The van der Waals surface area contributed by atoms with Crippen LogP contribution in [0.2, 0.25) is 0 Å². The summed E-state index contributed by atoms with van der Waals surface area (Å²) in [5.41, 5.74) is 1.50. The van der Waals surface area contributed by atoms with Gasteiger partial charge in [0.05, 0.1) is 37.6 Å². The van der Waals surface area contributed by atoms with E-state index in [1.807, 2.05) is 19.2 Å². The third-order valence-corrected chi connectivity index (χ3v) is 3.64. The van der Waals surface area contributed by atoms with Crippen LogP contribution in [0.1, 0.15) is 19.4 Å². The number of nitrogens with two attached hydrogens (primary N) is 1. The first-order valence-electron chi connectivity index (χ1n) is 7.70. The zero-order valence-electron chi connectivity index (χ0n) is 14.3. The Bertz CT molecular complexity index is 636. The maximum Gasteiger partial charge on any atom is 0.176 e. The van der Waals surface area contributed by atoms with Gasteiger partial charge in [-0.15, -0.1) is 0 Å². The van der Waals surface area contributed by atoms with Crippen LogP contribution in [0.25, 0.3) is 0 Å². The Labute approximate surface area is 142 Å². The fraction of sp³-hybridized carbons (Fsp3) is 0.471. The van der Waals surface area contributed by atoms with E-state index in [0.29, 0.717) is 31.2 Å². The Hall–Kier alpha value is -2.43. The number of benzene rings is 1. The lowest BCUT2D eigenvalue weighted by molar-refractivity contribution is -0.215. The minimum absolute atomic E-state index is 0.0416. The van der Waals surface area contributed by atoms with Gasteiger partial charge in [0, 0.05) is 18.2 Å². The molecule has 0 aromatic heterocycles. The molecule has 1 saturated heterocycles. The minimum Gasteiger partial charge on any atom is -0.350 e. The second-order valence-corrected chi connectivity index (χ2v) is 6.42. The van der Waals surface area contributed by atoms with Crippen LogP contribution in [0.4, 0.5) is 5.69 Å². The van der Waals surface area contributed by atoms with E-state index in [1.54, 1.807) is 23.2 Å². The zero-order chi connectivity index (χ0) is 17.6. The van der Waals surface area contributed by atoms with Crippen molar-refractivity contribution in [1.82, 2.24) is 0 Å². The van der Waals surface area contributed by atoms with E-state index in [1.165, 1.54) is 0 Å². The number of aliphatic imine (C=N–C) groups is 1. The Balaban J connectivity index is 1.92. The van der Waals surface area contributed by atoms with E-state index in [4.69, 9.17) is 20.6 Å². The average Bonchev–Trinajstić information content (AvgIpc) is 2.59. The van der Waals surface area contributed by atoms with Crippen LogP contribution in [0, 0.1) is 16.7 Å². The minimum atomic E-state index is -0.339. The molecule has 0 bridgehead atoms. The molecular weight excluding hydrogens is 306 g/mol. The van der Waals surface area contributed by atoms with Gasteiger partial charge >= 0.3 is 0 Å². The monoisotopic (exact) mass is 329 g/mol. The van der Waals surface area contributed by atoms with Gasteiger partial charge in [-0.3, -0.25) is 4.99 Å². The van der Waals surface area contributed by atoms with Gasteiger partial charge in [-0.25, -0.2) is 0 Å². The summed E-state index contributed by atoms with van der Waals surface area (Å²) in [4.78, 5) is 6.10. The lowest BCUT2D eigenvalue weighted by Crippen LogP contribution is -2.39. The Kier molecular flexibility index (Phi) is 5.90. The summed E-state index contributed by atoms with van der Waals surface area (Å²) in [7, 11) is 1.83.